The fraction of sp³-hybridized carbons (Fsp3) is 0.455. The molecule has 2 aromatic rings. The van der Waals surface area contributed by atoms with Gasteiger partial charge in [-0.2, -0.15) is 0 Å². The molecule has 31 heavy (non-hydrogen) atoms. The summed E-state index contributed by atoms with van der Waals surface area (Å²) in [4.78, 5) is 36.2. The highest BCUT2D eigenvalue weighted by molar-refractivity contribution is 5.89. The second-order valence-electron chi connectivity index (χ2n) is 7.36. The molecular formula is C22H29F2N5O2. The van der Waals surface area contributed by atoms with Gasteiger partial charge in [-0.15, -0.1) is 0 Å². The average molecular weight is 434 g/mol. The lowest BCUT2D eigenvalue weighted by molar-refractivity contribution is -0.132. The number of benzene rings is 1. The molecule has 0 radical (unpaired) electrons. The minimum absolute atomic E-state index is 0. The first-order valence-corrected chi connectivity index (χ1v) is 9.97. The van der Waals surface area contributed by atoms with Crippen LogP contribution in [0.2, 0.25) is 0 Å². The third-order valence-electron chi connectivity index (χ3n) is 5.17. The number of piperidine rings is 1. The van der Waals surface area contributed by atoms with Gasteiger partial charge in [0.05, 0.1) is 18.1 Å². The number of hydrogen-bond donors (Lipinski definition) is 1. The molecule has 7 nitrogen and oxygen atoms in total. The smallest absolute Gasteiger partial charge is 0.321 e. The molecule has 2 heterocycles. The molecule has 1 aliphatic rings. The molecule has 1 N–H and O–H groups in total. The van der Waals surface area contributed by atoms with E-state index < -0.39 is 11.6 Å². The Morgan fingerprint density at radius 1 is 1.13 bits per heavy atom. The van der Waals surface area contributed by atoms with Crippen molar-refractivity contribution in [3.05, 3.63) is 42.2 Å². The van der Waals surface area contributed by atoms with Crippen molar-refractivity contribution in [2.24, 2.45) is 0 Å². The summed E-state index contributed by atoms with van der Waals surface area (Å²) >= 11 is 0. The van der Waals surface area contributed by atoms with Crippen molar-refractivity contribution >= 4 is 17.6 Å². The van der Waals surface area contributed by atoms with Crippen molar-refractivity contribution in [1.82, 2.24) is 19.8 Å². The largest absolute Gasteiger partial charge is 0.343 e. The number of amides is 3. The molecule has 0 saturated carbocycles. The number of halogens is 2. The second-order valence-corrected chi connectivity index (χ2v) is 7.36. The second kappa shape index (κ2) is 10.8. The molecule has 1 saturated heterocycles. The lowest BCUT2D eigenvalue weighted by Gasteiger charge is -2.36. The van der Waals surface area contributed by atoms with E-state index in [4.69, 9.17) is 0 Å². The third kappa shape index (κ3) is 6.19. The van der Waals surface area contributed by atoms with Crippen molar-refractivity contribution in [1.29, 1.82) is 0 Å². The number of carbonyl (C=O) groups excluding carboxylic acids is 2. The Morgan fingerprint density at radius 3 is 2.26 bits per heavy atom. The van der Waals surface area contributed by atoms with Gasteiger partial charge in [0.25, 0.3) is 0 Å². The Hall–Kier alpha value is -3.10. The lowest BCUT2D eigenvalue weighted by atomic mass is 10.0. The van der Waals surface area contributed by atoms with Crippen molar-refractivity contribution in [2.75, 3.05) is 25.5 Å². The standard InChI is InChI=1S/C21H25F2N5O2.CH4/c1-3-4-19(29)28-7-5-18(6-8-28)27(2)21(30)26-17-12-24-20(25-13-17)14-9-15(22)11-16(23)10-14;/h9-13,18H,3-8H2,1-2H3,(H,26,30);1H4. The highest BCUT2D eigenvalue weighted by Crippen LogP contribution is 2.20. The number of nitrogens with zero attached hydrogens (tertiary/aromatic N) is 4. The van der Waals surface area contributed by atoms with Gasteiger partial charge in [0.2, 0.25) is 5.91 Å². The molecule has 3 rings (SSSR count). The number of anilines is 1. The summed E-state index contributed by atoms with van der Waals surface area (Å²) in [5.74, 6) is -1.10. The summed E-state index contributed by atoms with van der Waals surface area (Å²) < 4.78 is 26.7. The Kier molecular flexibility index (Phi) is 8.41. The van der Waals surface area contributed by atoms with Gasteiger partial charge in [-0.1, -0.05) is 14.4 Å². The first kappa shape index (κ1) is 24.2. The van der Waals surface area contributed by atoms with Gasteiger partial charge in [0.15, 0.2) is 5.82 Å². The van der Waals surface area contributed by atoms with Gasteiger partial charge in [-0.3, -0.25) is 4.79 Å². The number of rotatable bonds is 5. The maximum absolute atomic E-state index is 13.4. The lowest BCUT2D eigenvalue weighted by Crippen LogP contribution is -2.48. The normalized spacial score (nSPS) is 14.0. The SMILES string of the molecule is C.CCCC(=O)N1CCC(N(C)C(=O)Nc2cnc(-c3cc(F)cc(F)c3)nc2)CC1. The van der Waals surface area contributed by atoms with Crippen LogP contribution in [0.4, 0.5) is 19.3 Å². The molecule has 0 bridgehead atoms. The quantitative estimate of drug-likeness (QED) is 0.762. The first-order chi connectivity index (χ1) is 14.4. The Bertz CT molecular complexity index is 879. The van der Waals surface area contributed by atoms with Crippen LogP contribution in [0.3, 0.4) is 0 Å². The summed E-state index contributed by atoms with van der Waals surface area (Å²) in [6.45, 7) is 3.27. The van der Waals surface area contributed by atoms with Crippen molar-refractivity contribution in [3.63, 3.8) is 0 Å². The van der Waals surface area contributed by atoms with Crippen molar-refractivity contribution in [3.8, 4) is 11.4 Å². The average Bonchev–Trinajstić information content (AvgIpc) is 2.73. The number of aromatic nitrogens is 2. The minimum atomic E-state index is -0.713. The molecule has 1 aliphatic heterocycles. The highest BCUT2D eigenvalue weighted by atomic mass is 19.1. The van der Waals surface area contributed by atoms with Crippen LogP contribution in [0.15, 0.2) is 30.6 Å². The highest BCUT2D eigenvalue weighted by Gasteiger charge is 2.27. The van der Waals surface area contributed by atoms with Crippen LogP contribution < -0.4 is 5.32 Å². The first-order valence-electron chi connectivity index (χ1n) is 9.97. The van der Waals surface area contributed by atoms with Crippen LogP contribution in [0.25, 0.3) is 11.4 Å². The summed E-state index contributed by atoms with van der Waals surface area (Å²) in [6, 6.07) is 2.79. The van der Waals surface area contributed by atoms with Crippen LogP contribution in [0.1, 0.15) is 40.0 Å². The number of hydrogen-bond acceptors (Lipinski definition) is 4. The van der Waals surface area contributed by atoms with E-state index in [0.29, 0.717) is 25.2 Å². The fourth-order valence-electron chi connectivity index (χ4n) is 3.48. The summed E-state index contributed by atoms with van der Waals surface area (Å²) in [7, 11) is 1.72. The molecule has 0 atom stereocenters. The minimum Gasteiger partial charge on any atom is -0.343 e. The number of carbonyl (C=O) groups is 2. The summed E-state index contributed by atoms with van der Waals surface area (Å²) in [6.07, 6.45) is 5.61. The van der Waals surface area contributed by atoms with Crippen LogP contribution in [-0.2, 0) is 4.79 Å². The number of urea groups is 1. The zero-order valence-corrected chi connectivity index (χ0v) is 17.1. The predicted octanol–water partition coefficient (Wildman–Crippen LogP) is 4.31. The molecule has 0 unspecified atom stereocenters. The van der Waals surface area contributed by atoms with E-state index in [1.165, 1.54) is 12.4 Å². The maximum atomic E-state index is 13.4. The zero-order chi connectivity index (χ0) is 21.7. The van der Waals surface area contributed by atoms with Gasteiger partial charge in [0, 0.05) is 44.2 Å². The summed E-state index contributed by atoms with van der Waals surface area (Å²) in [5.41, 5.74) is 0.593. The zero-order valence-electron chi connectivity index (χ0n) is 17.1. The number of nitrogens with one attached hydrogen (secondary N) is 1. The molecule has 9 heteroatoms. The molecule has 1 fully saturated rings. The van der Waals surface area contributed by atoms with E-state index in [1.54, 1.807) is 11.9 Å². The van der Waals surface area contributed by atoms with Crippen LogP contribution in [0.5, 0.6) is 0 Å². The molecule has 1 aromatic carbocycles. The Labute approximate surface area is 181 Å². The van der Waals surface area contributed by atoms with Gasteiger partial charge in [-0.05, 0) is 31.4 Å². The third-order valence-corrected chi connectivity index (χ3v) is 5.17. The van der Waals surface area contributed by atoms with Gasteiger partial charge in [-0.25, -0.2) is 23.5 Å². The van der Waals surface area contributed by atoms with E-state index in [9.17, 15) is 18.4 Å². The monoisotopic (exact) mass is 433 g/mol. The van der Waals surface area contributed by atoms with Gasteiger partial charge >= 0.3 is 6.03 Å². The van der Waals surface area contributed by atoms with Crippen LogP contribution in [0, 0.1) is 11.6 Å². The molecule has 3 amide bonds. The number of likely N-dealkylation sites (tertiary alicyclic amines) is 1. The molecule has 168 valence electrons. The maximum Gasteiger partial charge on any atom is 0.321 e. The van der Waals surface area contributed by atoms with Gasteiger partial charge in [0.1, 0.15) is 11.6 Å². The van der Waals surface area contributed by atoms with E-state index >= 15 is 0 Å². The predicted molar refractivity (Wildman–Crippen MR) is 115 cm³/mol. The van der Waals surface area contributed by atoms with Crippen LogP contribution >= 0.6 is 0 Å². The Balaban J connectivity index is 0.00000341. The molecule has 0 spiro atoms. The van der Waals surface area contributed by atoms with E-state index in [-0.39, 0.29) is 36.8 Å². The van der Waals surface area contributed by atoms with Gasteiger partial charge < -0.3 is 15.1 Å². The van der Waals surface area contributed by atoms with E-state index in [1.807, 2.05) is 11.8 Å². The molecule has 1 aromatic heterocycles. The molecule has 0 aliphatic carbocycles. The van der Waals surface area contributed by atoms with Crippen molar-refractivity contribution < 1.29 is 18.4 Å². The topological polar surface area (TPSA) is 78.4 Å². The summed E-state index contributed by atoms with van der Waals surface area (Å²) in [5, 5.41) is 2.73. The van der Waals surface area contributed by atoms with E-state index in [0.717, 1.165) is 37.5 Å². The Morgan fingerprint density at radius 2 is 1.71 bits per heavy atom. The van der Waals surface area contributed by atoms with Crippen molar-refractivity contribution in [2.45, 2.75) is 46.1 Å². The molecular weight excluding hydrogens is 404 g/mol. The fourth-order valence-corrected chi connectivity index (χ4v) is 3.48. The van der Waals surface area contributed by atoms with E-state index in [2.05, 4.69) is 15.3 Å². The van der Waals surface area contributed by atoms with Crippen LogP contribution in [-0.4, -0.2) is 57.9 Å².